The second-order valence-electron chi connectivity index (χ2n) is 0. The van der Waals surface area contributed by atoms with Crippen molar-refractivity contribution in [2.75, 3.05) is 0 Å². The van der Waals surface area contributed by atoms with E-state index in [9.17, 15) is 0 Å². The Kier molecular flexibility index (Phi) is 241. The third-order valence-electron chi connectivity index (χ3n) is 0. The summed E-state index contributed by atoms with van der Waals surface area (Å²) in [5.74, 6) is 0. The van der Waals surface area contributed by atoms with Crippen molar-refractivity contribution >= 4 is 45.5 Å². The van der Waals surface area contributed by atoms with E-state index in [2.05, 4.69) is 0 Å². The molecule has 0 bridgehead atoms. The van der Waals surface area contributed by atoms with E-state index in [1.807, 2.05) is 0 Å². The molecular weight excluding hydrogens is 797 g/mol. The zero-order valence-electron chi connectivity index (χ0n) is 4.28. The Morgan fingerprint density at radius 3 is 1.17 bits per heavy atom. The summed E-state index contributed by atoms with van der Waals surface area (Å²) in [7, 11) is 0. The van der Waals surface area contributed by atoms with Gasteiger partial charge in [-0.25, -0.2) is 0 Å². The minimum Gasteiger partial charge on any atom is -1.00 e. The van der Waals surface area contributed by atoms with Crippen LogP contribution in [0.5, 0.6) is 0 Å². The van der Waals surface area contributed by atoms with Crippen molar-refractivity contribution in [3.05, 3.63) is 0 Å². The molecule has 0 spiro atoms. The molecule has 0 atom stereocenters. The summed E-state index contributed by atoms with van der Waals surface area (Å²) in [5, 5.41) is 0. The predicted molar refractivity (Wildman–Crippen MR) is 7.98 cm³/mol. The summed E-state index contributed by atoms with van der Waals surface area (Å²) in [4.78, 5) is 0. The molecule has 0 aromatic heterocycles. The summed E-state index contributed by atoms with van der Waals surface area (Å²) >= 11 is 0. The van der Waals surface area contributed by atoms with Gasteiger partial charge in [0.25, 0.3) is 0 Å². The first kappa shape index (κ1) is 44.3. The SMILES string of the molecule is [Ag].[Au].[H-].[H-].[Pd].[Pt].[Rh].[Sr+2]. The zero-order chi connectivity index (χ0) is 0. The minimum atomic E-state index is 0. The van der Waals surface area contributed by atoms with Gasteiger partial charge in [0.15, 0.2) is 0 Å². The Bertz CT molecular complexity index is 22.0. The van der Waals surface area contributed by atoms with E-state index in [4.69, 9.17) is 0 Å². The van der Waals surface area contributed by atoms with Gasteiger partial charge in [-0.3, -0.25) is 0 Å². The van der Waals surface area contributed by atoms with Crippen LogP contribution in [0.1, 0.15) is 2.85 Å². The van der Waals surface area contributed by atoms with Crippen molar-refractivity contribution in [2.45, 2.75) is 0 Å². The van der Waals surface area contributed by atoms with E-state index in [0.717, 1.165) is 0 Å². The van der Waals surface area contributed by atoms with Crippen LogP contribution in [0.3, 0.4) is 0 Å². The van der Waals surface area contributed by atoms with Crippen LogP contribution in [-0.4, -0.2) is 45.5 Å². The standard InChI is InChI=1S/Ag.Au.Pd.Pt.Rh.Sr.2H/q;;;;;+2;2*-1. The molecule has 0 nitrogen and oxygen atoms in total. The molecule has 0 N–H and O–H groups in total. The van der Waals surface area contributed by atoms with Crippen molar-refractivity contribution in [3.8, 4) is 0 Å². The summed E-state index contributed by atoms with van der Waals surface area (Å²) in [6.45, 7) is 0. The van der Waals surface area contributed by atoms with Crippen LogP contribution in [0.25, 0.3) is 0 Å². The molecule has 0 aliphatic rings. The molecule has 0 aliphatic carbocycles. The van der Waals surface area contributed by atoms with Gasteiger partial charge < -0.3 is 2.85 Å². The second kappa shape index (κ2) is 32.6. The van der Waals surface area contributed by atoms with E-state index in [1.54, 1.807) is 0 Å². The maximum absolute atomic E-state index is 0. The molecule has 6 heteroatoms. The van der Waals surface area contributed by atoms with E-state index < -0.39 is 0 Å². The van der Waals surface area contributed by atoms with E-state index in [0.29, 0.717) is 0 Å². The Morgan fingerprint density at radius 2 is 1.17 bits per heavy atom. The summed E-state index contributed by atoms with van der Waals surface area (Å²) in [6.07, 6.45) is 0. The summed E-state index contributed by atoms with van der Waals surface area (Å²) in [5.41, 5.74) is 0. The molecule has 55 valence electrons. The van der Waals surface area contributed by atoms with Gasteiger partial charge in [-0.15, -0.1) is 0 Å². The number of rotatable bonds is 0. The molecule has 0 aromatic rings. The Labute approximate surface area is 150 Å². The zero-order valence-corrected chi connectivity index (χ0v) is 14.9. The van der Waals surface area contributed by atoms with Crippen molar-refractivity contribution in [3.63, 3.8) is 0 Å². The van der Waals surface area contributed by atoms with Gasteiger partial charge in [-0.1, -0.05) is 0 Å². The molecule has 0 aromatic carbocycles. The molecule has 0 rings (SSSR count). The molecule has 3 radical (unpaired) electrons. The van der Waals surface area contributed by atoms with Crippen LogP contribution >= 0.6 is 0 Å². The largest absolute Gasteiger partial charge is 2.00 e. The van der Waals surface area contributed by atoms with Crippen molar-refractivity contribution < 1.29 is 109 Å². The van der Waals surface area contributed by atoms with Gasteiger partial charge in [-0.05, 0) is 0 Å². The van der Waals surface area contributed by atoms with Crippen molar-refractivity contribution in [1.82, 2.24) is 0 Å². The maximum atomic E-state index is 0. The Morgan fingerprint density at radius 1 is 1.17 bits per heavy atom. The fraction of sp³-hybridized carbons (Fsp3) is 0. The van der Waals surface area contributed by atoms with E-state index >= 15 is 0 Å². The normalized spacial score (nSPS) is 0. The summed E-state index contributed by atoms with van der Waals surface area (Å²) < 4.78 is 0. The minimum absolute atomic E-state index is 0. The van der Waals surface area contributed by atoms with Crippen molar-refractivity contribution in [2.24, 2.45) is 0 Å². The molecule has 0 aliphatic heterocycles. The first-order valence-corrected chi connectivity index (χ1v) is 0. The van der Waals surface area contributed by atoms with Crippen LogP contribution in [0, 0.1) is 0 Å². The van der Waals surface area contributed by atoms with Crippen LogP contribution in [-0.2, 0) is 106 Å². The molecule has 0 saturated heterocycles. The third-order valence-corrected chi connectivity index (χ3v) is 0. The van der Waals surface area contributed by atoms with Crippen LogP contribution in [0.2, 0.25) is 0 Å². The number of hydrogen-bond acceptors (Lipinski definition) is 0. The molecular formula is H2AgAuPdPtRhSr. The van der Waals surface area contributed by atoms with Gasteiger partial charge in [-0.2, -0.15) is 0 Å². The Balaban J connectivity index is 0. The third kappa shape index (κ3) is 23.1. The van der Waals surface area contributed by atoms with Crippen LogP contribution in [0.15, 0.2) is 0 Å². The molecule has 0 saturated carbocycles. The topological polar surface area (TPSA) is 0 Å². The van der Waals surface area contributed by atoms with Crippen LogP contribution in [0.4, 0.5) is 0 Å². The molecule has 6 heavy (non-hydrogen) atoms. The molecule has 0 heterocycles. The molecule has 0 amide bonds. The van der Waals surface area contributed by atoms with Gasteiger partial charge in [0, 0.05) is 106 Å². The summed E-state index contributed by atoms with van der Waals surface area (Å²) in [6, 6.07) is 0. The first-order valence-electron chi connectivity index (χ1n) is 0. The Hall–Kier alpha value is 4.94. The van der Waals surface area contributed by atoms with Gasteiger partial charge in [0.1, 0.15) is 0 Å². The fourth-order valence-corrected chi connectivity index (χ4v) is 0. The smallest absolute Gasteiger partial charge is 1.00 e. The van der Waals surface area contributed by atoms with Crippen LogP contribution < -0.4 is 0 Å². The van der Waals surface area contributed by atoms with E-state index in [1.165, 1.54) is 0 Å². The van der Waals surface area contributed by atoms with Gasteiger partial charge in [0.05, 0.1) is 0 Å². The first-order chi connectivity index (χ1) is 0. The average molecular weight is 799 g/mol. The van der Waals surface area contributed by atoms with E-state index in [-0.39, 0.29) is 154 Å². The monoisotopic (exact) mass is 798 g/mol. The molecule has 0 unspecified atom stereocenters. The quantitative estimate of drug-likeness (QED) is 0.299. The average Bonchev–Trinajstić information content (AvgIpc) is 0. The fourth-order valence-electron chi connectivity index (χ4n) is 0. The second-order valence-corrected chi connectivity index (χ2v) is 0. The van der Waals surface area contributed by atoms with Crippen molar-refractivity contribution in [1.29, 1.82) is 0 Å². The van der Waals surface area contributed by atoms with Gasteiger partial charge >= 0.3 is 45.5 Å². The number of hydrogen-bond donors (Lipinski definition) is 0. The molecule has 0 fully saturated rings. The predicted octanol–water partition coefficient (Wildman–Crippen LogP) is -0.168. The maximum Gasteiger partial charge on any atom is 2.00 e. The van der Waals surface area contributed by atoms with Gasteiger partial charge in [0.2, 0.25) is 0 Å².